The number of nitrogens with one attached hydrogen (secondary N) is 3. The zero-order valence-corrected chi connectivity index (χ0v) is 11.3. The largest absolute Gasteiger partial charge is 0.348 e. The summed E-state index contributed by atoms with van der Waals surface area (Å²) in [6.07, 6.45) is 5.78. The molecule has 2 aromatic heterocycles. The van der Waals surface area contributed by atoms with Gasteiger partial charge in [0.25, 0.3) is 0 Å². The van der Waals surface area contributed by atoms with E-state index >= 15 is 0 Å². The van der Waals surface area contributed by atoms with Crippen molar-refractivity contribution < 1.29 is 4.79 Å². The number of H-pyrrole nitrogens is 1. The molecule has 2 unspecified atom stereocenters. The van der Waals surface area contributed by atoms with Gasteiger partial charge >= 0.3 is 0 Å². The highest BCUT2D eigenvalue weighted by atomic mass is 16.2. The fourth-order valence-electron chi connectivity index (χ4n) is 2.38. The first kappa shape index (κ1) is 12.8. The van der Waals surface area contributed by atoms with Gasteiger partial charge in [-0.1, -0.05) is 6.07 Å². The van der Waals surface area contributed by atoms with E-state index in [1.165, 1.54) is 0 Å². The minimum atomic E-state index is -0.232. The molecule has 3 rings (SSSR count). The Morgan fingerprint density at radius 3 is 3.25 bits per heavy atom. The fourth-order valence-corrected chi connectivity index (χ4v) is 2.38. The second kappa shape index (κ2) is 5.42. The fraction of sp³-hybridized carbons (Fsp3) is 0.357. The molecule has 1 aliphatic rings. The number of pyridine rings is 1. The van der Waals surface area contributed by atoms with Crippen molar-refractivity contribution in [3.63, 3.8) is 0 Å². The third-order valence-electron chi connectivity index (χ3n) is 3.59. The number of carbonyl (C=O) groups is 1. The van der Waals surface area contributed by atoms with E-state index in [0.29, 0.717) is 13.0 Å². The molecular weight excluding hydrogens is 254 g/mol. The molecular formula is C14H17N5O. The number of imidazole rings is 1. The molecule has 0 spiro atoms. The molecule has 3 N–H and O–H groups in total. The number of aromatic amines is 1. The second-order valence-electron chi connectivity index (χ2n) is 4.98. The lowest BCUT2D eigenvalue weighted by Crippen LogP contribution is -2.48. The van der Waals surface area contributed by atoms with Gasteiger partial charge in [0.15, 0.2) is 0 Å². The smallest absolute Gasteiger partial charge is 0.238 e. The van der Waals surface area contributed by atoms with E-state index in [0.717, 1.165) is 17.0 Å². The zero-order valence-electron chi connectivity index (χ0n) is 11.3. The molecule has 104 valence electrons. The van der Waals surface area contributed by atoms with Crippen molar-refractivity contribution in [1.29, 1.82) is 0 Å². The molecule has 0 radical (unpaired) electrons. The molecule has 20 heavy (non-hydrogen) atoms. The van der Waals surface area contributed by atoms with Crippen LogP contribution in [0.3, 0.4) is 0 Å². The molecule has 0 aliphatic carbocycles. The number of amides is 1. The highest BCUT2D eigenvalue weighted by Crippen LogP contribution is 2.14. The molecule has 1 aliphatic heterocycles. The van der Waals surface area contributed by atoms with Crippen LogP contribution in [-0.2, 0) is 17.8 Å². The van der Waals surface area contributed by atoms with Gasteiger partial charge in [0.05, 0.1) is 29.8 Å². The Kier molecular flexibility index (Phi) is 3.47. The van der Waals surface area contributed by atoms with Crippen molar-refractivity contribution in [3.05, 3.63) is 47.8 Å². The highest BCUT2D eigenvalue weighted by molar-refractivity contribution is 5.82. The van der Waals surface area contributed by atoms with Gasteiger partial charge in [-0.25, -0.2) is 4.98 Å². The Hall–Kier alpha value is -2.21. The average Bonchev–Trinajstić information content (AvgIpc) is 2.95. The van der Waals surface area contributed by atoms with Crippen LogP contribution in [0.1, 0.15) is 29.9 Å². The normalized spacial score (nSPS) is 19.1. The summed E-state index contributed by atoms with van der Waals surface area (Å²) < 4.78 is 0. The lowest BCUT2D eigenvalue weighted by Gasteiger charge is -2.24. The second-order valence-corrected chi connectivity index (χ2v) is 4.98. The van der Waals surface area contributed by atoms with Crippen LogP contribution in [-0.4, -0.2) is 26.9 Å². The molecule has 3 heterocycles. The lowest BCUT2D eigenvalue weighted by molar-refractivity contribution is -0.124. The maximum absolute atomic E-state index is 12.3. The summed E-state index contributed by atoms with van der Waals surface area (Å²) in [7, 11) is 0. The standard InChI is InChI=1S/C14H17N5O/c1-9(10-3-2-4-15-6-10)19-14(20)12-5-11-13(7-16-12)18-8-17-11/h2-4,6,8-9,12,16H,5,7H2,1H3,(H,17,18)(H,19,20). The Balaban J connectivity index is 1.63. The molecule has 0 bridgehead atoms. The number of carbonyl (C=O) groups excluding carboxylic acids is 1. The average molecular weight is 271 g/mol. The summed E-state index contributed by atoms with van der Waals surface area (Å²) in [6, 6.07) is 3.54. The third-order valence-corrected chi connectivity index (χ3v) is 3.59. The molecule has 0 aromatic carbocycles. The summed E-state index contributed by atoms with van der Waals surface area (Å²) in [5.74, 6) is -0.00463. The summed E-state index contributed by atoms with van der Waals surface area (Å²) >= 11 is 0. The van der Waals surface area contributed by atoms with Gasteiger partial charge in [0.2, 0.25) is 5.91 Å². The van der Waals surface area contributed by atoms with Gasteiger partial charge in [0, 0.05) is 25.4 Å². The van der Waals surface area contributed by atoms with Crippen LogP contribution in [0.4, 0.5) is 0 Å². The third kappa shape index (κ3) is 2.55. The Labute approximate surface area is 117 Å². The lowest BCUT2D eigenvalue weighted by atomic mass is 10.0. The van der Waals surface area contributed by atoms with E-state index in [1.807, 2.05) is 19.1 Å². The quantitative estimate of drug-likeness (QED) is 0.767. The highest BCUT2D eigenvalue weighted by Gasteiger charge is 2.26. The summed E-state index contributed by atoms with van der Waals surface area (Å²) in [6.45, 7) is 2.60. The molecule has 0 saturated heterocycles. The molecule has 1 amide bonds. The number of nitrogens with zero attached hydrogens (tertiary/aromatic N) is 2. The van der Waals surface area contributed by atoms with Crippen LogP contribution in [0, 0.1) is 0 Å². The summed E-state index contributed by atoms with van der Waals surface area (Å²) in [5, 5.41) is 6.23. The van der Waals surface area contributed by atoms with Gasteiger partial charge < -0.3 is 10.3 Å². The molecule has 0 fully saturated rings. The topological polar surface area (TPSA) is 82.7 Å². The molecule has 6 nitrogen and oxygen atoms in total. The number of rotatable bonds is 3. The van der Waals surface area contributed by atoms with Crippen molar-refractivity contribution in [2.75, 3.05) is 0 Å². The van der Waals surface area contributed by atoms with Crippen LogP contribution < -0.4 is 10.6 Å². The van der Waals surface area contributed by atoms with E-state index in [4.69, 9.17) is 0 Å². The van der Waals surface area contributed by atoms with E-state index in [9.17, 15) is 4.79 Å². The van der Waals surface area contributed by atoms with Crippen LogP contribution in [0.5, 0.6) is 0 Å². The number of hydrogen-bond acceptors (Lipinski definition) is 4. The van der Waals surface area contributed by atoms with E-state index in [1.54, 1.807) is 18.7 Å². The van der Waals surface area contributed by atoms with Crippen LogP contribution >= 0.6 is 0 Å². The van der Waals surface area contributed by atoms with Crippen molar-refractivity contribution >= 4 is 5.91 Å². The predicted octanol–water partition coefficient (Wildman–Crippen LogP) is 0.696. The SMILES string of the molecule is CC(NC(=O)C1Cc2nc[nH]c2CN1)c1cccnc1. The Morgan fingerprint density at radius 2 is 2.45 bits per heavy atom. The maximum Gasteiger partial charge on any atom is 0.238 e. The molecule has 0 saturated carbocycles. The van der Waals surface area contributed by atoms with Gasteiger partial charge in [-0.15, -0.1) is 0 Å². The molecule has 2 aromatic rings. The van der Waals surface area contributed by atoms with Gasteiger partial charge in [-0.05, 0) is 18.6 Å². The van der Waals surface area contributed by atoms with E-state index < -0.39 is 0 Å². The first-order chi connectivity index (χ1) is 9.74. The van der Waals surface area contributed by atoms with Crippen molar-refractivity contribution in [2.24, 2.45) is 0 Å². The molecule has 6 heteroatoms. The monoisotopic (exact) mass is 271 g/mol. The molecule has 2 atom stereocenters. The minimum Gasteiger partial charge on any atom is -0.348 e. The summed E-state index contributed by atoms with van der Waals surface area (Å²) in [5.41, 5.74) is 3.03. The van der Waals surface area contributed by atoms with Crippen LogP contribution in [0.15, 0.2) is 30.9 Å². The number of fused-ring (bicyclic) bond motifs is 1. The minimum absolute atomic E-state index is 0.00463. The van der Waals surface area contributed by atoms with E-state index in [2.05, 4.69) is 25.6 Å². The van der Waals surface area contributed by atoms with Gasteiger partial charge in [-0.3, -0.25) is 15.1 Å². The van der Waals surface area contributed by atoms with Crippen molar-refractivity contribution in [1.82, 2.24) is 25.6 Å². The number of aromatic nitrogens is 3. The van der Waals surface area contributed by atoms with Gasteiger partial charge in [-0.2, -0.15) is 0 Å². The van der Waals surface area contributed by atoms with Gasteiger partial charge in [0.1, 0.15) is 0 Å². The maximum atomic E-state index is 12.3. The Bertz CT molecular complexity index is 595. The zero-order chi connectivity index (χ0) is 13.9. The first-order valence-electron chi connectivity index (χ1n) is 6.69. The van der Waals surface area contributed by atoms with E-state index in [-0.39, 0.29) is 18.0 Å². The van der Waals surface area contributed by atoms with Crippen LogP contribution in [0.25, 0.3) is 0 Å². The first-order valence-corrected chi connectivity index (χ1v) is 6.69. The summed E-state index contributed by atoms with van der Waals surface area (Å²) in [4.78, 5) is 23.7. The van der Waals surface area contributed by atoms with Crippen LogP contribution in [0.2, 0.25) is 0 Å². The predicted molar refractivity (Wildman–Crippen MR) is 73.7 cm³/mol. The van der Waals surface area contributed by atoms with Crippen molar-refractivity contribution in [3.8, 4) is 0 Å². The Morgan fingerprint density at radius 1 is 1.55 bits per heavy atom. The van der Waals surface area contributed by atoms with Crippen molar-refractivity contribution in [2.45, 2.75) is 32.0 Å². The number of hydrogen-bond donors (Lipinski definition) is 3.